The van der Waals surface area contributed by atoms with Crippen LogP contribution in [0.1, 0.15) is 50.2 Å². The Bertz CT molecular complexity index is 648. The molecule has 1 aromatic rings. The summed E-state index contributed by atoms with van der Waals surface area (Å²) in [6.45, 7) is 8.80. The van der Waals surface area contributed by atoms with Crippen LogP contribution in [-0.4, -0.2) is 66.4 Å². The van der Waals surface area contributed by atoms with Gasteiger partial charge in [0.25, 0.3) is 0 Å². The highest BCUT2D eigenvalue weighted by Gasteiger charge is 2.43. The van der Waals surface area contributed by atoms with Crippen LogP contribution < -0.4 is 0 Å². The average Bonchev–Trinajstić information content (AvgIpc) is 3.13. The van der Waals surface area contributed by atoms with Gasteiger partial charge in [0.1, 0.15) is 0 Å². The molecule has 0 N–H and O–H groups in total. The monoisotopic (exact) mass is 369 g/mol. The predicted molar refractivity (Wildman–Crippen MR) is 110 cm³/mol. The Labute approximate surface area is 164 Å². The Morgan fingerprint density at radius 1 is 1.04 bits per heavy atom. The number of piperidine rings is 2. The third-order valence-corrected chi connectivity index (χ3v) is 7.26. The quantitative estimate of drug-likeness (QED) is 0.816. The average molecular weight is 370 g/mol. The van der Waals surface area contributed by atoms with Crippen LogP contribution >= 0.6 is 0 Å². The van der Waals surface area contributed by atoms with Gasteiger partial charge < -0.3 is 9.80 Å². The van der Waals surface area contributed by atoms with Crippen molar-refractivity contribution in [3.8, 4) is 0 Å². The first-order chi connectivity index (χ1) is 13.1. The van der Waals surface area contributed by atoms with E-state index in [0.29, 0.717) is 17.4 Å². The molecular weight excluding hydrogens is 334 g/mol. The number of carbonyl (C=O) groups excluding carboxylic acids is 1. The summed E-state index contributed by atoms with van der Waals surface area (Å²) in [6.07, 6.45) is 6.61. The third-order valence-electron chi connectivity index (χ3n) is 7.26. The lowest BCUT2D eigenvalue weighted by atomic mass is 9.72. The number of likely N-dealkylation sites (tertiary alicyclic amines) is 3. The minimum atomic E-state index is 0.373. The lowest BCUT2D eigenvalue weighted by Gasteiger charge is -2.49. The van der Waals surface area contributed by atoms with Gasteiger partial charge in [-0.25, -0.2) is 0 Å². The van der Waals surface area contributed by atoms with Gasteiger partial charge in [-0.2, -0.15) is 0 Å². The van der Waals surface area contributed by atoms with Gasteiger partial charge in [-0.3, -0.25) is 9.69 Å². The van der Waals surface area contributed by atoms with Gasteiger partial charge in [0.2, 0.25) is 5.91 Å². The largest absolute Gasteiger partial charge is 0.338 e. The molecule has 4 rings (SSSR count). The Hall–Kier alpha value is -1.39. The molecule has 1 atom stereocenters. The molecular formula is C23H35N3O. The fraction of sp³-hybridized carbons (Fsp3) is 0.696. The van der Waals surface area contributed by atoms with E-state index >= 15 is 0 Å². The van der Waals surface area contributed by atoms with Gasteiger partial charge in [-0.05, 0) is 75.3 Å². The Balaban J connectivity index is 1.33. The molecule has 0 aromatic heterocycles. The van der Waals surface area contributed by atoms with Gasteiger partial charge in [0.05, 0.1) is 0 Å². The zero-order valence-electron chi connectivity index (χ0n) is 17.1. The maximum Gasteiger partial charge on any atom is 0.222 e. The second-order valence-electron chi connectivity index (χ2n) is 9.17. The maximum absolute atomic E-state index is 12.6. The van der Waals surface area contributed by atoms with E-state index in [1.165, 1.54) is 37.1 Å². The second kappa shape index (κ2) is 7.92. The van der Waals surface area contributed by atoms with E-state index in [0.717, 1.165) is 51.9 Å². The van der Waals surface area contributed by atoms with E-state index in [1.54, 1.807) is 0 Å². The summed E-state index contributed by atoms with van der Waals surface area (Å²) < 4.78 is 0. The van der Waals surface area contributed by atoms with Crippen molar-refractivity contribution in [3.05, 3.63) is 35.4 Å². The summed E-state index contributed by atoms with van der Waals surface area (Å²) in [6, 6.07) is 9.57. The molecule has 1 aromatic carbocycles. The first-order valence-electron chi connectivity index (χ1n) is 10.9. The number of aryl methyl sites for hydroxylation is 1. The third kappa shape index (κ3) is 4.22. The van der Waals surface area contributed by atoms with Crippen molar-refractivity contribution in [2.45, 2.75) is 58.0 Å². The molecule has 1 spiro atoms. The van der Waals surface area contributed by atoms with Gasteiger partial charge in [-0.1, -0.05) is 31.2 Å². The smallest absolute Gasteiger partial charge is 0.222 e. The summed E-state index contributed by atoms with van der Waals surface area (Å²) in [7, 11) is 2.18. The molecule has 4 heteroatoms. The van der Waals surface area contributed by atoms with Crippen molar-refractivity contribution in [1.29, 1.82) is 0 Å². The molecule has 4 nitrogen and oxygen atoms in total. The number of likely N-dealkylation sites (N-methyl/N-ethyl adjacent to an activating group) is 1. The van der Waals surface area contributed by atoms with E-state index < -0.39 is 0 Å². The molecule has 0 unspecified atom stereocenters. The van der Waals surface area contributed by atoms with E-state index in [9.17, 15) is 4.79 Å². The molecule has 1 amide bonds. The van der Waals surface area contributed by atoms with Crippen molar-refractivity contribution < 1.29 is 4.79 Å². The number of hydrogen-bond donors (Lipinski definition) is 0. The van der Waals surface area contributed by atoms with Crippen LogP contribution in [0.5, 0.6) is 0 Å². The van der Waals surface area contributed by atoms with Crippen LogP contribution in [0.2, 0.25) is 0 Å². The van der Waals surface area contributed by atoms with Gasteiger partial charge >= 0.3 is 0 Å². The van der Waals surface area contributed by atoms with Gasteiger partial charge in [0.15, 0.2) is 0 Å². The number of carbonyl (C=O) groups is 1. The molecule has 0 aliphatic carbocycles. The zero-order valence-corrected chi connectivity index (χ0v) is 17.1. The van der Waals surface area contributed by atoms with E-state index in [2.05, 4.69) is 52.9 Å². The van der Waals surface area contributed by atoms with Crippen LogP contribution in [0.4, 0.5) is 0 Å². The first-order valence-corrected chi connectivity index (χ1v) is 10.9. The van der Waals surface area contributed by atoms with Crippen LogP contribution in [0.15, 0.2) is 24.3 Å². The number of benzene rings is 1. The highest BCUT2D eigenvalue weighted by atomic mass is 16.2. The fourth-order valence-corrected chi connectivity index (χ4v) is 5.28. The van der Waals surface area contributed by atoms with Crippen LogP contribution in [0.25, 0.3) is 0 Å². The molecule has 3 aliphatic rings. The van der Waals surface area contributed by atoms with Crippen LogP contribution in [0.3, 0.4) is 0 Å². The van der Waals surface area contributed by atoms with Gasteiger partial charge in [0, 0.05) is 32.1 Å². The lowest BCUT2D eigenvalue weighted by molar-refractivity contribution is -0.142. The van der Waals surface area contributed by atoms with Crippen molar-refractivity contribution in [2.75, 3.05) is 39.8 Å². The maximum atomic E-state index is 12.6. The lowest BCUT2D eigenvalue weighted by Crippen LogP contribution is -2.54. The first kappa shape index (κ1) is 18.9. The fourth-order valence-electron chi connectivity index (χ4n) is 5.28. The standard InChI is InChI=1S/C23H35N3O/c1-3-19-4-6-20(7-5-19)16-25-14-11-23(12-15-25)10-8-22(27)26(18-23)21-9-13-24(2)17-21/h4-7,21H,3,8-18H2,1-2H3/t21-/m0/s1. The van der Waals surface area contributed by atoms with Crippen molar-refractivity contribution in [3.63, 3.8) is 0 Å². The van der Waals surface area contributed by atoms with Crippen LogP contribution in [-0.2, 0) is 17.8 Å². The van der Waals surface area contributed by atoms with Crippen molar-refractivity contribution >= 4 is 5.91 Å². The van der Waals surface area contributed by atoms with Gasteiger partial charge in [-0.15, -0.1) is 0 Å². The summed E-state index contributed by atoms with van der Waals surface area (Å²) >= 11 is 0. The molecule has 148 valence electrons. The molecule has 0 bridgehead atoms. The molecule has 0 saturated carbocycles. The summed E-state index contributed by atoms with van der Waals surface area (Å²) in [5, 5.41) is 0. The molecule has 3 fully saturated rings. The Morgan fingerprint density at radius 3 is 2.37 bits per heavy atom. The highest BCUT2D eigenvalue weighted by molar-refractivity contribution is 5.77. The number of amides is 1. The van der Waals surface area contributed by atoms with Crippen molar-refractivity contribution in [1.82, 2.24) is 14.7 Å². The van der Waals surface area contributed by atoms with E-state index in [1.807, 2.05) is 0 Å². The Morgan fingerprint density at radius 2 is 1.74 bits per heavy atom. The van der Waals surface area contributed by atoms with E-state index in [-0.39, 0.29) is 0 Å². The zero-order chi connectivity index (χ0) is 18.9. The summed E-state index contributed by atoms with van der Waals surface area (Å²) in [5.41, 5.74) is 3.22. The molecule has 3 saturated heterocycles. The topological polar surface area (TPSA) is 26.8 Å². The number of hydrogen-bond acceptors (Lipinski definition) is 3. The number of nitrogens with zero attached hydrogens (tertiary/aromatic N) is 3. The summed E-state index contributed by atoms with van der Waals surface area (Å²) in [5.74, 6) is 0.402. The molecule has 0 radical (unpaired) electrons. The second-order valence-corrected chi connectivity index (χ2v) is 9.17. The van der Waals surface area contributed by atoms with E-state index in [4.69, 9.17) is 0 Å². The minimum absolute atomic E-state index is 0.373. The highest BCUT2D eigenvalue weighted by Crippen LogP contribution is 2.41. The number of rotatable bonds is 4. The summed E-state index contributed by atoms with van der Waals surface area (Å²) in [4.78, 5) is 19.8. The normalized spacial score (nSPS) is 26.8. The van der Waals surface area contributed by atoms with Crippen molar-refractivity contribution in [2.24, 2.45) is 5.41 Å². The minimum Gasteiger partial charge on any atom is -0.338 e. The molecule has 3 heterocycles. The molecule has 27 heavy (non-hydrogen) atoms. The van der Waals surface area contributed by atoms with Crippen LogP contribution in [0, 0.1) is 5.41 Å². The Kier molecular flexibility index (Phi) is 5.56. The molecule has 3 aliphatic heterocycles. The predicted octanol–water partition coefficient (Wildman–Crippen LogP) is 3.16. The SMILES string of the molecule is CCc1ccc(CN2CCC3(CCC(=O)N([C@H]4CCN(C)C4)C3)CC2)cc1.